The van der Waals surface area contributed by atoms with Gasteiger partial charge in [0.2, 0.25) is 0 Å². The molecule has 1 aliphatic rings. The molecule has 1 aliphatic carbocycles. The summed E-state index contributed by atoms with van der Waals surface area (Å²) in [6, 6.07) is 19.5. The average molecular weight is 477 g/mol. The molecule has 4 rings (SSSR count). The largest absolute Gasteiger partial charge is 0.481 e. The lowest BCUT2D eigenvalue weighted by Gasteiger charge is -2.19. The van der Waals surface area contributed by atoms with Gasteiger partial charge in [0.1, 0.15) is 12.4 Å². The normalized spacial score (nSPS) is 12.4. The molecule has 3 aromatic rings. The van der Waals surface area contributed by atoms with Crippen LogP contribution >= 0.6 is 0 Å². The van der Waals surface area contributed by atoms with Crippen molar-refractivity contribution in [3.05, 3.63) is 89.2 Å². The third-order valence-corrected chi connectivity index (χ3v) is 6.07. The van der Waals surface area contributed by atoms with Gasteiger partial charge in [-0.25, -0.2) is 9.18 Å². The van der Waals surface area contributed by atoms with Gasteiger partial charge in [-0.2, -0.15) is 0 Å². The Morgan fingerprint density at radius 1 is 0.971 bits per heavy atom. The number of carboxylic acid groups (broad SMARTS) is 1. The predicted molar refractivity (Wildman–Crippen MR) is 129 cm³/mol. The smallest absolute Gasteiger partial charge is 0.411 e. The van der Waals surface area contributed by atoms with Gasteiger partial charge in [0.25, 0.3) is 5.91 Å². The molecule has 0 heterocycles. The first-order valence-corrected chi connectivity index (χ1v) is 11.1. The number of halogens is 1. The number of carboxylic acids is 1. The second kappa shape index (κ2) is 9.58. The van der Waals surface area contributed by atoms with Crippen LogP contribution in [0.5, 0.6) is 0 Å². The number of aliphatic carboxylic acids is 1. The van der Waals surface area contributed by atoms with E-state index in [0.717, 1.165) is 28.3 Å². The van der Waals surface area contributed by atoms with Gasteiger partial charge in [0.15, 0.2) is 0 Å². The number of amides is 2. The molecule has 180 valence electrons. The maximum atomic E-state index is 14.5. The lowest BCUT2D eigenvalue weighted by Crippen LogP contribution is -2.39. The molecule has 0 spiro atoms. The minimum absolute atomic E-state index is 0.106. The zero-order valence-corrected chi connectivity index (χ0v) is 19.3. The number of benzene rings is 3. The summed E-state index contributed by atoms with van der Waals surface area (Å²) in [6.45, 7) is 2.85. The van der Waals surface area contributed by atoms with Crippen molar-refractivity contribution >= 4 is 23.7 Å². The van der Waals surface area contributed by atoms with E-state index < -0.39 is 29.2 Å². The molecule has 0 fully saturated rings. The quantitative estimate of drug-likeness (QED) is 0.444. The fourth-order valence-corrected chi connectivity index (χ4v) is 4.00. The topological polar surface area (TPSA) is 105 Å². The highest BCUT2D eigenvalue weighted by atomic mass is 19.1. The van der Waals surface area contributed by atoms with E-state index in [-0.39, 0.29) is 30.3 Å². The van der Waals surface area contributed by atoms with E-state index in [2.05, 4.69) is 10.6 Å². The molecule has 2 amide bonds. The Morgan fingerprint density at radius 3 is 2.14 bits per heavy atom. The molecule has 7 nitrogen and oxygen atoms in total. The van der Waals surface area contributed by atoms with E-state index in [1.807, 2.05) is 48.5 Å². The number of rotatable bonds is 7. The summed E-state index contributed by atoms with van der Waals surface area (Å²) in [7, 11) is 0. The van der Waals surface area contributed by atoms with Crippen molar-refractivity contribution in [2.75, 3.05) is 18.5 Å². The number of carbonyl (C=O) groups is 3. The number of nitrogens with one attached hydrogen (secondary N) is 2. The molecule has 35 heavy (non-hydrogen) atoms. The van der Waals surface area contributed by atoms with Crippen LogP contribution in [0.1, 0.15) is 41.3 Å². The van der Waals surface area contributed by atoms with E-state index >= 15 is 0 Å². The monoisotopic (exact) mass is 476 g/mol. The van der Waals surface area contributed by atoms with E-state index in [0.29, 0.717) is 0 Å². The van der Waals surface area contributed by atoms with Gasteiger partial charge in [0, 0.05) is 18.2 Å². The maximum absolute atomic E-state index is 14.5. The molecular weight excluding hydrogens is 451 g/mol. The molecule has 3 aromatic carbocycles. The second-order valence-electron chi connectivity index (χ2n) is 9.02. The summed E-state index contributed by atoms with van der Waals surface area (Å²) >= 11 is 0. The molecule has 3 N–H and O–H groups in total. The van der Waals surface area contributed by atoms with Gasteiger partial charge in [-0.3, -0.25) is 14.9 Å². The van der Waals surface area contributed by atoms with Crippen LogP contribution in [0.25, 0.3) is 11.1 Å². The maximum Gasteiger partial charge on any atom is 0.411 e. The summed E-state index contributed by atoms with van der Waals surface area (Å²) in [5.74, 6) is -2.79. The van der Waals surface area contributed by atoms with Gasteiger partial charge >= 0.3 is 12.1 Å². The van der Waals surface area contributed by atoms with Crippen molar-refractivity contribution in [1.82, 2.24) is 5.32 Å². The number of anilines is 1. The molecule has 0 atom stereocenters. The number of hydrogen-bond acceptors (Lipinski definition) is 4. The molecule has 8 heteroatoms. The number of hydrogen-bond donors (Lipinski definition) is 3. The van der Waals surface area contributed by atoms with Crippen LogP contribution in [0.2, 0.25) is 0 Å². The van der Waals surface area contributed by atoms with Crippen molar-refractivity contribution in [3.8, 4) is 11.1 Å². The Balaban J connectivity index is 1.37. The zero-order chi connectivity index (χ0) is 25.2. The van der Waals surface area contributed by atoms with Crippen LogP contribution in [0.4, 0.5) is 14.9 Å². The molecule has 0 saturated carbocycles. The van der Waals surface area contributed by atoms with Crippen LogP contribution in [-0.4, -0.2) is 36.2 Å². The fraction of sp³-hybridized carbons (Fsp3) is 0.222. The van der Waals surface area contributed by atoms with Crippen molar-refractivity contribution in [3.63, 3.8) is 0 Å². The lowest BCUT2D eigenvalue weighted by atomic mass is 9.94. The van der Waals surface area contributed by atoms with E-state index in [1.54, 1.807) is 0 Å². The predicted octanol–water partition coefficient (Wildman–Crippen LogP) is 5.03. The molecule has 0 aromatic heterocycles. The van der Waals surface area contributed by atoms with E-state index in [9.17, 15) is 18.8 Å². The lowest BCUT2D eigenvalue weighted by molar-refractivity contribution is -0.146. The van der Waals surface area contributed by atoms with Crippen LogP contribution in [-0.2, 0) is 9.53 Å². The first kappa shape index (κ1) is 23.9. The van der Waals surface area contributed by atoms with Crippen molar-refractivity contribution in [2.24, 2.45) is 5.41 Å². The highest BCUT2D eigenvalue weighted by molar-refractivity contribution is 5.95. The van der Waals surface area contributed by atoms with Gasteiger partial charge in [-0.15, -0.1) is 0 Å². The molecule has 0 saturated heterocycles. The molecule has 0 bridgehead atoms. The minimum atomic E-state index is -1.20. The molecular formula is C27H25FN2O5. The fourth-order valence-electron chi connectivity index (χ4n) is 4.00. The molecule has 0 aliphatic heterocycles. The van der Waals surface area contributed by atoms with Gasteiger partial charge in [0.05, 0.1) is 11.0 Å². The number of ether oxygens (including phenoxy) is 1. The zero-order valence-electron chi connectivity index (χ0n) is 19.3. The third-order valence-electron chi connectivity index (χ3n) is 6.07. The number of carbonyl (C=O) groups excluding carboxylic acids is 2. The van der Waals surface area contributed by atoms with Crippen LogP contribution < -0.4 is 10.6 Å². The van der Waals surface area contributed by atoms with Crippen molar-refractivity contribution in [1.29, 1.82) is 0 Å². The molecule has 0 radical (unpaired) electrons. The molecule has 0 unspecified atom stereocenters. The van der Waals surface area contributed by atoms with E-state index in [4.69, 9.17) is 9.84 Å². The minimum Gasteiger partial charge on any atom is -0.481 e. The average Bonchev–Trinajstić information content (AvgIpc) is 3.15. The van der Waals surface area contributed by atoms with Crippen LogP contribution in [0.15, 0.2) is 66.7 Å². The van der Waals surface area contributed by atoms with Crippen LogP contribution in [0, 0.1) is 11.2 Å². The summed E-state index contributed by atoms with van der Waals surface area (Å²) in [5, 5.41) is 14.0. The summed E-state index contributed by atoms with van der Waals surface area (Å²) < 4.78 is 20.0. The Bertz CT molecular complexity index is 1260. The summed E-state index contributed by atoms with van der Waals surface area (Å²) in [4.78, 5) is 35.8. The SMILES string of the molecule is CC(C)(CNC(=O)c1ccc(NC(=O)OCC2c3ccccc3-c3ccccc32)cc1F)C(=O)O. The Morgan fingerprint density at radius 2 is 1.57 bits per heavy atom. The Hall–Kier alpha value is -4.20. The first-order chi connectivity index (χ1) is 16.7. The number of fused-ring (bicyclic) bond motifs is 3. The van der Waals surface area contributed by atoms with Gasteiger partial charge < -0.3 is 15.2 Å². The van der Waals surface area contributed by atoms with Crippen LogP contribution in [0.3, 0.4) is 0 Å². The van der Waals surface area contributed by atoms with Crippen molar-refractivity contribution < 1.29 is 28.6 Å². The highest BCUT2D eigenvalue weighted by Crippen LogP contribution is 2.44. The highest BCUT2D eigenvalue weighted by Gasteiger charge is 2.30. The Labute approximate surface area is 201 Å². The summed E-state index contributed by atoms with van der Waals surface area (Å²) in [6.07, 6.45) is -0.744. The standard InChI is InChI=1S/C27H25FN2O5/c1-27(2,25(32)33)15-29-24(31)21-12-11-16(13-23(21)28)30-26(34)35-14-22-19-9-5-3-7-17(19)18-8-4-6-10-20(18)22/h3-13,22H,14-15H2,1-2H3,(H,29,31)(H,30,34)(H,32,33). The van der Waals surface area contributed by atoms with Crippen molar-refractivity contribution in [2.45, 2.75) is 19.8 Å². The van der Waals surface area contributed by atoms with E-state index in [1.165, 1.54) is 26.0 Å². The third kappa shape index (κ3) is 5.01. The van der Waals surface area contributed by atoms with Gasteiger partial charge in [-0.1, -0.05) is 48.5 Å². The summed E-state index contributed by atoms with van der Waals surface area (Å²) in [5.41, 5.74) is 3.05. The Kier molecular flexibility index (Phi) is 6.55. The first-order valence-electron chi connectivity index (χ1n) is 11.1. The second-order valence-corrected chi connectivity index (χ2v) is 9.02. The van der Waals surface area contributed by atoms with Gasteiger partial charge in [-0.05, 0) is 54.3 Å².